The predicted octanol–water partition coefficient (Wildman–Crippen LogP) is 3.87. The second-order valence-corrected chi connectivity index (χ2v) is 7.51. The number of ether oxygens (including phenoxy) is 1. The first kappa shape index (κ1) is 19.1. The maximum Gasteiger partial charge on any atom is 0.308 e. The molecule has 148 valence electrons. The lowest BCUT2D eigenvalue weighted by Gasteiger charge is -2.32. The Morgan fingerprint density at radius 3 is 2.69 bits per heavy atom. The Kier molecular flexibility index (Phi) is 5.30. The van der Waals surface area contributed by atoms with E-state index in [0.29, 0.717) is 5.56 Å². The molecule has 2 aromatic carbocycles. The van der Waals surface area contributed by atoms with Gasteiger partial charge < -0.3 is 9.64 Å². The molecule has 1 amide bonds. The van der Waals surface area contributed by atoms with E-state index in [1.165, 1.54) is 23.0 Å². The van der Waals surface area contributed by atoms with E-state index in [0.717, 1.165) is 30.4 Å². The van der Waals surface area contributed by atoms with E-state index >= 15 is 0 Å². The number of nitrogens with zero attached hydrogens (tertiary/aromatic N) is 1. The fraction of sp³-hybridized carbons (Fsp3) is 0.292. The SMILES string of the molecule is CC(=O)N1C=Cc2ccccc2[C@H]1CC(=O)OCC(=O)c1ccc2c(c1)CCC2. The van der Waals surface area contributed by atoms with E-state index < -0.39 is 12.0 Å². The molecule has 4 rings (SSSR count). The van der Waals surface area contributed by atoms with Crippen LogP contribution in [0.3, 0.4) is 0 Å². The monoisotopic (exact) mass is 389 g/mol. The van der Waals surface area contributed by atoms with Crippen LogP contribution < -0.4 is 0 Å². The zero-order valence-electron chi connectivity index (χ0n) is 16.4. The first-order valence-corrected chi connectivity index (χ1v) is 9.89. The van der Waals surface area contributed by atoms with Crippen molar-refractivity contribution in [2.75, 3.05) is 6.61 Å². The molecule has 0 radical (unpaired) electrons. The van der Waals surface area contributed by atoms with E-state index in [1.807, 2.05) is 42.5 Å². The first-order valence-electron chi connectivity index (χ1n) is 9.89. The molecule has 0 N–H and O–H groups in total. The number of benzene rings is 2. The highest BCUT2D eigenvalue weighted by molar-refractivity contribution is 5.98. The highest BCUT2D eigenvalue weighted by atomic mass is 16.5. The zero-order valence-corrected chi connectivity index (χ0v) is 16.4. The highest BCUT2D eigenvalue weighted by Gasteiger charge is 2.29. The van der Waals surface area contributed by atoms with Crippen molar-refractivity contribution in [3.63, 3.8) is 0 Å². The van der Waals surface area contributed by atoms with Gasteiger partial charge in [-0.05, 0) is 53.7 Å². The van der Waals surface area contributed by atoms with Gasteiger partial charge in [0.15, 0.2) is 12.4 Å². The normalized spacial score (nSPS) is 16.9. The molecule has 1 atom stereocenters. The third-order valence-corrected chi connectivity index (χ3v) is 5.61. The summed E-state index contributed by atoms with van der Waals surface area (Å²) in [5.41, 5.74) is 4.95. The van der Waals surface area contributed by atoms with Gasteiger partial charge in [-0.1, -0.05) is 36.4 Å². The standard InChI is InChI=1S/C24H23NO4/c1-16(26)25-12-11-18-5-2-3-8-21(18)22(25)14-24(28)29-15-23(27)20-10-9-17-6-4-7-19(17)13-20/h2-3,5,8-13,22H,4,6-7,14-15H2,1H3/t22-/m1/s1. The van der Waals surface area contributed by atoms with Crippen LogP contribution >= 0.6 is 0 Å². The number of esters is 1. The van der Waals surface area contributed by atoms with E-state index in [1.54, 1.807) is 12.3 Å². The molecule has 0 saturated carbocycles. The van der Waals surface area contributed by atoms with Gasteiger partial charge in [0.2, 0.25) is 5.91 Å². The van der Waals surface area contributed by atoms with Crippen LogP contribution in [0.2, 0.25) is 0 Å². The minimum atomic E-state index is -0.499. The summed E-state index contributed by atoms with van der Waals surface area (Å²) in [6, 6.07) is 12.9. The molecule has 2 aliphatic rings. The van der Waals surface area contributed by atoms with Crippen LogP contribution in [0.4, 0.5) is 0 Å². The van der Waals surface area contributed by atoms with Gasteiger partial charge in [0.05, 0.1) is 12.5 Å². The number of hydrogen-bond donors (Lipinski definition) is 0. The van der Waals surface area contributed by atoms with Crippen LogP contribution in [0.25, 0.3) is 6.08 Å². The molecule has 0 saturated heterocycles. The van der Waals surface area contributed by atoms with Gasteiger partial charge >= 0.3 is 5.97 Å². The molecule has 1 heterocycles. The number of carbonyl (C=O) groups excluding carboxylic acids is 3. The number of Topliss-reactive ketones (excluding diaryl/α,β-unsaturated/α-hetero) is 1. The molecule has 29 heavy (non-hydrogen) atoms. The summed E-state index contributed by atoms with van der Waals surface area (Å²) in [5.74, 6) is -0.857. The molecule has 0 bridgehead atoms. The van der Waals surface area contributed by atoms with Crippen LogP contribution in [0, 0.1) is 0 Å². The Morgan fingerprint density at radius 1 is 1.07 bits per heavy atom. The molecule has 0 aromatic heterocycles. The number of rotatable bonds is 5. The van der Waals surface area contributed by atoms with Crippen molar-refractivity contribution in [3.8, 4) is 0 Å². The Balaban J connectivity index is 1.41. The average Bonchev–Trinajstić information content (AvgIpc) is 3.20. The largest absolute Gasteiger partial charge is 0.457 e. The highest BCUT2D eigenvalue weighted by Crippen LogP contribution is 2.33. The Morgan fingerprint density at radius 2 is 1.86 bits per heavy atom. The van der Waals surface area contributed by atoms with Crippen molar-refractivity contribution in [3.05, 3.63) is 76.5 Å². The maximum absolute atomic E-state index is 12.5. The second-order valence-electron chi connectivity index (χ2n) is 7.51. The lowest BCUT2D eigenvalue weighted by atomic mass is 9.94. The number of ketones is 1. The summed E-state index contributed by atoms with van der Waals surface area (Å²) in [4.78, 5) is 38.5. The zero-order chi connectivity index (χ0) is 20.4. The van der Waals surface area contributed by atoms with Gasteiger partial charge in [-0.25, -0.2) is 0 Å². The topological polar surface area (TPSA) is 63.7 Å². The fourth-order valence-corrected chi connectivity index (χ4v) is 4.10. The smallest absolute Gasteiger partial charge is 0.308 e. The van der Waals surface area contributed by atoms with Crippen LogP contribution in [-0.2, 0) is 27.2 Å². The van der Waals surface area contributed by atoms with Crippen LogP contribution in [0.5, 0.6) is 0 Å². The average molecular weight is 389 g/mol. The lowest BCUT2D eigenvalue weighted by Crippen LogP contribution is -2.32. The second kappa shape index (κ2) is 8.03. The molecule has 2 aromatic rings. The van der Waals surface area contributed by atoms with Gasteiger partial charge in [-0.2, -0.15) is 0 Å². The van der Waals surface area contributed by atoms with E-state index in [4.69, 9.17) is 4.74 Å². The van der Waals surface area contributed by atoms with E-state index in [2.05, 4.69) is 0 Å². The number of amides is 1. The van der Waals surface area contributed by atoms with Gasteiger partial charge in [-0.3, -0.25) is 14.4 Å². The number of fused-ring (bicyclic) bond motifs is 2. The number of hydrogen-bond acceptors (Lipinski definition) is 4. The first-order chi connectivity index (χ1) is 14.0. The number of aryl methyl sites for hydroxylation is 2. The van der Waals surface area contributed by atoms with Crippen molar-refractivity contribution in [1.29, 1.82) is 0 Å². The lowest BCUT2D eigenvalue weighted by molar-refractivity contribution is -0.144. The summed E-state index contributed by atoms with van der Waals surface area (Å²) in [6.45, 7) is 1.18. The van der Waals surface area contributed by atoms with Crippen molar-refractivity contribution in [1.82, 2.24) is 4.90 Å². The molecule has 0 spiro atoms. The van der Waals surface area contributed by atoms with E-state index in [-0.39, 0.29) is 24.7 Å². The third kappa shape index (κ3) is 3.99. The van der Waals surface area contributed by atoms with Gasteiger partial charge in [0.25, 0.3) is 0 Å². The van der Waals surface area contributed by atoms with Crippen LogP contribution in [0.1, 0.15) is 58.4 Å². The van der Waals surface area contributed by atoms with Crippen molar-refractivity contribution >= 4 is 23.7 Å². The van der Waals surface area contributed by atoms with Gasteiger partial charge in [0.1, 0.15) is 0 Å². The van der Waals surface area contributed by atoms with Crippen LogP contribution in [0.15, 0.2) is 48.7 Å². The van der Waals surface area contributed by atoms with Crippen molar-refractivity contribution < 1.29 is 19.1 Å². The molecule has 5 heteroatoms. The minimum absolute atomic E-state index is 0.00159. The van der Waals surface area contributed by atoms with Crippen molar-refractivity contribution in [2.24, 2.45) is 0 Å². The summed E-state index contributed by atoms with van der Waals surface area (Å²) in [6.07, 6.45) is 6.72. The number of carbonyl (C=O) groups is 3. The molecule has 1 aliphatic carbocycles. The Labute approximate surface area is 170 Å². The predicted molar refractivity (Wildman–Crippen MR) is 109 cm³/mol. The third-order valence-electron chi connectivity index (χ3n) is 5.61. The van der Waals surface area contributed by atoms with Crippen LogP contribution in [-0.4, -0.2) is 29.2 Å². The molecule has 0 fully saturated rings. The summed E-state index contributed by atoms with van der Waals surface area (Å²) >= 11 is 0. The minimum Gasteiger partial charge on any atom is -0.457 e. The summed E-state index contributed by atoms with van der Waals surface area (Å²) in [5, 5.41) is 0. The van der Waals surface area contributed by atoms with Gasteiger partial charge in [-0.15, -0.1) is 0 Å². The van der Waals surface area contributed by atoms with Crippen molar-refractivity contribution in [2.45, 2.75) is 38.6 Å². The Hall–Kier alpha value is -3.21. The summed E-state index contributed by atoms with van der Waals surface area (Å²) < 4.78 is 5.27. The quantitative estimate of drug-likeness (QED) is 0.575. The molecule has 5 nitrogen and oxygen atoms in total. The maximum atomic E-state index is 12.5. The molecular weight excluding hydrogens is 366 g/mol. The summed E-state index contributed by atoms with van der Waals surface area (Å²) in [7, 11) is 0. The molecule has 0 unspecified atom stereocenters. The van der Waals surface area contributed by atoms with Gasteiger partial charge in [0, 0.05) is 18.7 Å². The fourth-order valence-electron chi connectivity index (χ4n) is 4.10. The Bertz CT molecular complexity index is 1010. The molecule has 1 aliphatic heterocycles. The molecular formula is C24H23NO4. The van der Waals surface area contributed by atoms with E-state index in [9.17, 15) is 14.4 Å².